The predicted molar refractivity (Wildman–Crippen MR) is 91.0 cm³/mol. The average molecular weight is 324 g/mol. The van der Waals surface area contributed by atoms with Gasteiger partial charge in [0.25, 0.3) is 0 Å². The molecule has 1 fully saturated rings. The van der Waals surface area contributed by atoms with Gasteiger partial charge in [-0.3, -0.25) is 0 Å². The van der Waals surface area contributed by atoms with Gasteiger partial charge >= 0.3 is 12.0 Å². The molecule has 0 aliphatic carbocycles. The Morgan fingerprint density at radius 2 is 1.79 bits per heavy atom. The van der Waals surface area contributed by atoms with Crippen LogP contribution in [0.4, 0.5) is 4.79 Å². The minimum Gasteiger partial charge on any atom is -0.478 e. The van der Waals surface area contributed by atoms with Gasteiger partial charge in [-0.2, -0.15) is 0 Å². The molecular weight excluding hydrogens is 304 g/mol. The van der Waals surface area contributed by atoms with Crippen molar-refractivity contribution in [3.8, 4) is 0 Å². The molecule has 5 heteroatoms. The van der Waals surface area contributed by atoms with Crippen LogP contribution in [0, 0.1) is 0 Å². The van der Waals surface area contributed by atoms with Crippen LogP contribution in [0.5, 0.6) is 0 Å². The van der Waals surface area contributed by atoms with Crippen LogP contribution < -0.4 is 5.32 Å². The number of carbonyl (C=O) groups is 2. The van der Waals surface area contributed by atoms with E-state index in [1.807, 2.05) is 23.1 Å². The van der Waals surface area contributed by atoms with Crippen LogP contribution in [0.2, 0.25) is 0 Å². The Hall–Kier alpha value is -2.82. The lowest BCUT2D eigenvalue weighted by Gasteiger charge is -2.17. The first kappa shape index (κ1) is 16.1. The number of hydrogen-bond acceptors (Lipinski definition) is 2. The molecule has 5 nitrogen and oxygen atoms in total. The van der Waals surface area contributed by atoms with Crippen molar-refractivity contribution in [2.24, 2.45) is 0 Å². The Labute approximate surface area is 140 Å². The first-order chi connectivity index (χ1) is 11.6. The monoisotopic (exact) mass is 324 g/mol. The third-order valence-corrected chi connectivity index (χ3v) is 4.39. The number of hydrogen-bond donors (Lipinski definition) is 2. The van der Waals surface area contributed by atoms with Gasteiger partial charge in [0.15, 0.2) is 0 Å². The fourth-order valence-corrected chi connectivity index (χ4v) is 3.00. The zero-order valence-electron chi connectivity index (χ0n) is 13.3. The van der Waals surface area contributed by atoms with Crippen molar-refractivity contribution in [3.05, 3.63) is 71.3 Å². The second-order valence-electron chi connectivity index (χ2n) is 6.00. The van der Waals surface area contributed by atoms with Crippen LogP contribution in [-0.4, -0.2) is 35.1 Å². The average Bonchev–Trinajstić information content (AvgIpc) is 3.11. The Kier molecular flexibility index (Phi) is 4.79. The molecular formula is C19H20N2O3. The second kappa shape index (κ2) is 7.17. The quantitative estimate of drug-likeness (QED) is 0.908. The van der Waals surface area contributed by atoms with Gasteiger partial charge in [0.05, 0.1) is 5.56 Å². The number of aromatic carboxylic acids is 1. The van der Waals surface area contributed by atoms with Crippen molar-refractivity contribution in [3.63, 3.8) is 0 Å². The van der Waals surface area contributed by atoms with Gasteiger partial charge in [0, 0.05) is 25.6 Å². The van der Waals surface area contributed by atoms with Gasteiger partial charge in [0.2, 0.25) is 0 Å². The molecule has 1 heterocycles. The van der Waals surface area contributed by atoms with Crippen LogP contribution in [0.1, 0.15) is 33.8 Å². The molecule has 0 aromatic heterocycles. The van der Waals surface area contributed by atoms with Crippen LogP contribution >= 0.6 is 0 Å². The molecule has 3 rings (SSSR count). The van der Waals surface area contributed by atoms with Crippen molar-refractivity contribution < 1.29 is 14.7 Å². The molecule has 1 aliphatic heterocycles. The summed E-state index contributed by atoms with van der Waals surface area (Å²) >= 11 is 0. The smallest absolute Gasteiger partial charge is 0.335 e. The minimum atomic E-state index is -0.949. The molecule has 124 valence electrons. The van der Waals surface area contributed by atoms with Crippen LogP contribution in [0.3, 0.4) is 0 Å². The number of carboxylic acids is 1. The Balaban J connectivity index is 1.51. The first-order valence-electron chi connectivity index (χ1n) is 8.03. The summed E-state index contributed by atoms with van der Waals surface area (Å²) in [4.78, 5) is 25.0. The van der Waals surface area contributed by atoms with Gasteiger partial charge < -0.3 is 15.3 Å². The predicted octanol–water partition coefficient (Wildman–Crippen LogP) is 3.08. The highest BCUT2D eigenvalue weighted by molar-refractivity contribution is 5.87. The summed E-state index contributed by atoms with van der Waals surface area (Å²) in [5, 5.41) is 11.8. The molecule has 2 aromatic carbocycles. The third kappa shape index (κ3) is 3.74. The van der Waals surface area contributed by atoms with E-state index in [0.717, 1.165) is 25.1 Å². The Morgan fingerprint density at radius 3 is 2.46 bits per heavy atom. The lowest BCUT2D eigenvalue weighted by atomic mass is 9.99. The zero-order chi connectivity index (χ0) is 16.9. The summed E-state index contributed by atoms with van der Waals surface area (Å²) in [5.74, 6) is -0.554. The Bertz CT molecular complexity index is 713. The summed E-state index contributed by atoms with van der Waals surface area (Å²) in [6.45, 7) is 1.88. The molecule has 2 amide bonds. The summed E-state index contributed by atoms with van der Waals surface area (Å²) < 4.78 is 0. The SMILES string of the molecule is O=C(O)c1ccc(CNC(=O)N2CCC(c3ccccc3)C2)cc1. The number of rotatable bonds is 4. The maximum absolute atomic E-state index is 12.3. The highest BCUT2D eigenvalue weighted by Crippen LogP contribution is 2.26. The van der Waals surface area contributed by atoms with Crippen molar-refractivity contribution in [1.29, 1.82) is 0 Å². The lowest BCUT2D eigenvalue weighted by molar-refractivity contribution is 0.0697. The second-order valence-corrected chi connectivity index (χ2v) is 6.00. The van der Waals surface area contributed by atoms with Gasteiger partial charge in [0.1, 0.15) is 0 Å². The highest BCUT2D eigenvalue weighted by atomic mass is 16.4. The largest absolute Gasteiger partial charge is 0.478 e. The minimum absolute atomic E-state index is 0.0734. The number of urea groups is 1. The van der Waals surface area contributed by atoms with E-state index in [-0.39, 0.29) is 11.6 Å². The molecule has 1 atom stereocenters. The fourth-order valence-electron chi connectivity index (χ4n) is 3.00. The van der Waals surface area contributed by atoms with Crippen molar-refractivity contribution in [1.82, 2.24) is 10.2 Å². The number of likely N-dealkylation sites (tertiary alicyclic amines) is 1. The van der Waals surface area contributed by atoms with Crippen LogP contribution in [-0.2, 0) is 6.54 Å². The van der Waals surface area contributed by atoms with E-state index in [2.05, 4.69) is 17.4 Å². The molecule has 2 aromatic rings. The molecule has 24 heavy (non-hydrogen) atoms. The van der Waals surface area contributed by atoms with Gasteiger partial charge in [-0.25, -0.2) is 9.59 Å². The van der Waals surface area contributed by atoms with Crippen LogP contribution in [0.15, 0.2) is 54.6 Å². The number of carboxylic acid groups (broad SMARTS) is 1. The zero-order valence-corrected chi connectivity index (χ0v) is 13.3. The highest BCUT2D eigenvalue weighted by Gasteiger charge is 2.26. The standard InChI is InChI=1S/C19H20N2O3/c22-18(23)16-8-6-14(7-9-16)12-20-19(24)21-11-10-17(13-21)15-4-2-1-3-5-15/h1-9,17H,10-13H2,(H,20,24)(H,22,23). The number of nitrogens with one attached hydrogen (secondary N) is 1. The maximum Gasteiger partial charge on any atom is 0.335 e. The summed E-state index contributed by atoms with van der Waals surface area (Å²) in [7, 11) is 0. The number of amides is 2. The summed E-state index contributed by atoms with van der Waals surface area (Å²) in [5.41, 5.74) is 2.40. The van der Waals surface area contributed by atoms with Crippen molar-refractivity contribution in [2.75, 3.05) is 13.1 Å². The number of benzene rings is 2. The normalized spacial score (nSPS) is 16.8. The van der Waals surface area contributed by atoms with Gasteiger partial charge in [-0.1, -0.05) is 42.5 Å². The maximum atomic E-state index is 12.3. The molecule has 0 spiro atoms. The molecule has 1 aliphatic rings. The van der Waals surface area contributed by atoms with Crippen molar-refractivity contribution in [2.45, 2.75) is 18.9 Å². The van der Waals surface area contributed by atoms with Gasteiger partial charge in [-0.05, 0) is 29.7 Å². The van der Waals surface area contributed by atoms with E-state index >= 15 is 0 Å². The molecule has 1 unspecified atom stereocenters. The summed E-state index contributed by atoms with van der Waals surface area (Å²) in [6, 6.07) is 16.7. The van der Waals surface area contributed by atoms with E-state index < -0.39 is 5.97 Å². The molecule has 0 bridgehead atoms. The molecule has 2 N–H and O–H groups in total. The lowest BCUT2D eigenvalue weighted by Crippen LogP contribution is -2.37. The molecule has 0 radical (unpaired) electrons. The number of nitrogens with zero attached hydrogens (tertiary/aromatic N) is 1. The van der Waals surface area contributed by atoms with Crippen molar-refractivity contribution >= 4 is 12.0 Å². The topological polar surface area (TPSA) is 69.6 Å². The van der Waals surface area contributed by atoms with E-state index in [0.29, 0.717) is 12.5 Å². The van der Waals surface area contributed by atoms with E-state index in [9.17, 15) is 9.59 Å². The Morgan fingerprint density at radius 1 is 1.08 bits per heavy atom. The summed E-state index contributed by atoms with van der Waals surface area (Å²) in [6.07, 6.45) is 0.977. The van der Waals surface area contributed by atoms with E-state index in [1.54, 1.807) is 24.3 Å². The molecule has 0 saturated carbocycles. The van der Waals surface area contributed by atoms with E-state index in [1.165, 1.54) is 5.56 Å². The first-order valence-corrected chi connectivity index (χ1v) is 8.03. The fraction of sp³-hybridized carbons (Fsp3) is 0.263. The number of carbonyl (C=O) groups excluding carboxylic acids is 1. The van der Waals surface area contributed by atoms with Crippen LogP contribution in [0.25, 0.3) is 0 Å². The van der Waals surface area contributed by atoms with E-state index in [4.69, 9.17) is 5.11 Å². The third-order valence-electron chi connectivity index (χ3n) is 4.39. The van der Waals surface area contributed by atoms with Gasteiger partial charge in [-0.15, -0.1) is 0 Å². The molecule has 1 saturated heterocycles.